The fourth-order valence-electron chi connectivity index (χ4n) is 1.18. The molecule has 0 unspecified atom stereocenters. The van der Waals surface area contributed by atoms with E-state index >= 15 is 0 Å². The first kappa shape index (κ1) is 14.5. The molecular formula is C11H12BrNO5. The van der Waals surface area contributed by atoms with Gasteiger partial charge in [-0.25, -0.2) is 4.79 Å². The highest BCUT2D eigenvalue weighted by molar-refractivity contribution is 9.10. The second-order valence-electron chi connectivity index (χ2n) is 3.41. The van der Waals surface area contributed by atoms with Crippen LogP contribution in [0, 0.1) is 0 Å². The molecule has 0 heterocycles. The summed E-state index contributed by atoms with van der Waals surface area (Å²) in [5.41, 5.74) is 0.298. The first-order valence-electron chi connectivity index (χ1n) is 4.98. The van der Waals surface area contributed by atoms with E-state index in [4.69, 9.17) is 14.9 Å². The third-order valence-electron chi connectivity index (χ3n) is 2.16. The molecule has 98 valence electrons. The van der Waals surface area contributed by atoms with Gasteiger partial charge in [0.15, 0.2) is 6.10 Å². The molecule has 0 fully saturated rings. The molecule has 0 radical (unpaired) electrons. The number of carbonyl (C=O) groups excluding carboxylic acids is 1. The van der Waals surface area contributed by atoms with Gasteiger partial charge in [-0.15, -0.1) is 0 Å². The van der Waals surface area contributed by atoms with Gasteiger partial charge in [0.2, 0.25) is 0 Å². The number of rotatable bonds is 5. The van der Waals surface area contributed by atoms with E-state index in [1.54, 1.807) is 12.1 Å². The summed E-state index contributed by atoms with van der Waals surface area (Å²) >= 11 is 3.20. The largest absolute Gasteiger partial charge is 0.497 e. The lowest BCUT2D eigenvalue weighted by atomic mass is 10.2. The summed E-state index contributed by atoms with van der Waals surface area (Å²) in [6, 6.07) is 4.82. The number of carboxylic acids is 1. The molecule has 0 saturated heterocycles. The first-order chi connectivity index (χ1) is 8.45. The number of carbonyl (C=O) groups is 2. The number of amides is 1. The lowest BCUT2D eigenvalue weighted by Gasteiger charge is -2.10. The Morgan fingerprint density at radius 2 is 2.17 bits per heavy atom. The van der Waals surface area contributed by atoms with E-state index in [0.29, 0.717) is 15.8 Å². The molecule has 18 heavy (non-hydrogen) atoms. The fraction of sp³-hybridized carbons (Fsp3) is 0.273. The lowest BCUT2D eigenvalue weighted by molar-refractivity contribution is -0.146. The van der Waals surface area contributed by atoms with Crippen molar-refractivity contribution in [1.82, 2.24) is 5.32 Å². The Labute approximate surface area is 112 Å². The molecule has 0 aliphatic carbocycles. The van der Waals surface area contributed by atoms with Crippen LogP contribution in [0.15, 0.2) is 22.7 Å². The lowest BCUT2D eigenvalue weighted by Crippen LogP contribution is -2.36. The number of aliphatic hydroxyl groups is 1. The van der Waals surface area contributed by atoms with Crippen LogP contribution in [0.3, 0.4) is 0 Å². The second kappa shape index (κ2) is 6.36. The SMILES string of the molecule is COc1ccc(Br)c(C(=O)NC[C@H](O)C(=O)O)c1. The summed E-state index contributed by atoms with van der Waals surface area (Å²) in [4.78, 5) is 22.1. The molecule has 1 atom stereocenters. The highest BCUT2D eigenvalue weighted by atomic mass is 79.9. The van der Waals surface area contributed by atoms with E-state index in [1.807, 2.05) is 0 Å². The minimum Gasteiger partial charge on any atom is -0.497 e. The van der Waals surface area contributed by atoms with Gasteiger partial charge < -0.3 is 20.3 Å². The second-order valence-corrected chi connectivity index (χ2v) is 4.26. The average Bonchev–Trinajstić information content (AvgIpc) is 2.35. The van der Waals surface area contributed by atoms with Crippen LogP contribution in [0.25, 0.3) is 0 Å². The zero-order valence-corrected chi connectivity index (χ0v) is 11.1. The van der Waals surface area contributed by atoms with Crippen LogP contribution in [0.4, 0.5) is 0 Å². The Balaban J connectivity index is 2.75. The van der Waals surface area contributed by atoms with Gasteiger partial charge in [-0.05, 0) is 34.1 Å². The van der Waals surface area contributed by atoms with Crippen LogP contribution in [0.1, 0.15) is 10.4 Å². The molecule has 0 saturated carbocycles. The molecule has 1 amide bonds. The van der Waals surface area contributed by atoms with Crippen LogP contribution < -0.4 is 10.1 Å². The van der Waals surface area contributed by atoms with E-state index in [0.717, 1.165) is 0 Å². The Morgan fingerprint density at radius 3 is 2.72 bits per heavy atom. The Hall–Kier alpha value is -1.60. The number of halogens is 1. The smallest absolute Gasteiger partial charge is 0.334 e. The van der Waals surface area contributed by atoms with Crippen LogP contribution in [-0.4, -0.2) is 41.8 Å². The standard InChI is InChI=1S/C11H12BrNO5/c1-18-6-2-3-8(12)7(4-6)10(15)13-5-9(14)11(16)17/h2-4,9,14H,5H2,1H3,(H,13,15)(H,16,17)/t9-/m0/s1. The van der Waals surface area contributed by atoms with Crippen LogP contribution in [0.5, 0.6) is 5.75 Å². The summed E-state index contributed by atoms with van der Waals surface area (Å²) in [5.74, 6) is -1.39. The number of carboxylic acid groups (broad SMARTS) is 1. The maximum Gasteiger partial charge on any atom is 0.334 e. The van der Waals surface area contributed by atoms with E-state index in [-0.39, 0.29) is 6.54 Å². The summed E-state index contributed by atoms with van der Waals surface area (Å²) < 4.78 is 5.53. The minimum atomic E-state index is -1.63. The molecule has 0 aromatic heterocycles. The maximum atomic E-state index is 11.8. The summed E-state index contributed by atoms with van der Waals surface area (Å²) in [6.07, 6.45) is -1.63. The van der Waals surface area contributed by atoms with Crippen molar-refractivity contribution in [3.8, 4) is 5.75 Å². The quantitative estimate of drug-likeness (QED) is 0.740. The van der Waals surface area contributed by atoms with Crippen molar-refractivity contribution < 1.29 is 24.5 Å². The minimum absolute atomic E-state index is 0.298. The van der Waals surface area contributed by atoms with Gasteiger partial charge >= 0.3 is 5.97 Å². The van der Waals surface area contributed by atoms with Crippen molar-refractivity contribution in [3.05, 3.63) is 28.2 Å². The first-order valence-corrected chi connectivity index (χ1v) is 5.77. The number of hydrogen-bond acceptors (Lipinski definition) is 4. The number of aliphatic hydroxyl groups excluding tert-OH is 1. The maximum absolute atomic E-state index is 11.8. The molecule has 6 nitrogen and oxygen atoms in total. The van der Waals surface area contributed by atoms with Gasteiger partial charge in [-0.1, -0.05) is 0 Å². The molecule has 0 spiro atoms. The van der Waals surface area contributed by atoms with Crippen LogP contribution >= 0.6 is 15.9 Å². The summed E-state index contributed by atoms with van der Waals surface area (Å²) in [6.45, 7) is -0.363. The van der Waals surface area contributed by atoms with Crippen molar-refractivity contribution in [2.75, 3.05) is 13.7 Å². The number of hydrogen-bond donors (Lipinski definition) is 3. The molecule has 1 aromatic rings. The molecular weight excluding hydrogens is 306 g/mol. The third-order valence-corrected chi connectivity index (χ3v) is 2.85. The molecule has 1 rings (SSSR count). The van der Waals surface area contributed by atoms with Gasteiger partial charge in [0, 0.05) is 4.47 Å². The van der Waals surface area contributed by atoms with Gasteiger partial charge in [0.1, 0.15) is 5.75 Å². The normalized spacial score (nSPS) is 11.7. The predicted molar refractivity (Wildman–Crippen MR) is 66.7 cm³/mol. The fourth-order valence-corrected chi connectivity index (χ4v) is 1.60. The molecule has 1 aromatic carbocycles. The number of methoxy groups -OCH3 is 1. The van der Waals surface area contributed by atoms with E-state index < -0.39 is 18.0 Å². The Morgan fingerprint density at radius 1 is 1.50 bits per heavy atom. The summed E-state index contributed by atoms with van der Waals surface area (Å²) in [7, 11) is 1.47. The van der Waals surface area contributed by atoms with Crippen LogP contribution in [-0.2, 0) is 4.79 Å². The van der Waals surface area contributed by atoms with Crippen molar-refractivity contribution >= 4 is 27.8 Å². The van der Waals surface area contributed by atoms with Crippen molar-refractivity contribution in [2.24, 2.45) is 0 Å². The zero-order chi connectivity index (χ0) is 13.7. The van der Waals surface area contributed by atoms with Crippen molar-refractivity contribution in [2.45, 2.75) is 6.10 Å². The Kier molecular flexibility index (Phi) is 5.11. The van der Waals surface area contributed by atoms with E-state index in [1.165, 1.54) is 13.2 Å². The molecule has 0 bridgehead atoms. The topological polar surface area (TPSA) is 95.9 Å². The highest BCUT2D eigenvalue weighted by Crippen LogP contribution is 2.22. The Bertz CT molecular complexity index is 463. The average molecular weight is 318 g/mol. The van der Waals surface area contributed by atoms with Gasteiger partial charge in [0.05, 0.1) is 19.2 Å². The predicted octanol–water partition coefficient (Wildman–Crippen LogP) is 0.633. The molecule has 0 aliphatic rings. The zero-order valence-electron chi connectivity index (χ0n) is 9.51. The number of ether oxygens (including phenoxy) is 1. The van der Waals surface area contributed by atoms with Gasteiger partial charge in [-0.3, -0.25) is 4.79 Å². The number of nitrogens with one attached hydrogen (secondary N) is 1. The van der Waals surface area contributed by atoms with Gasteiger partial charge in [-0.2, -0.15) is 0 Å². The van der Waals surface area contributed by atoms with E-state index in [2.05, 4.69) is 21.2 Å². The van der Waals surface area contributed by atoms with Gasteiger partial charge in [0.25, 0.3) is 5.91 Å². The van der Waals surface area contributed by atoms with Crippen molar-refractivity contribution in [1.29, 1.82) is 0 Å². The molecule has 3 N–H and O–H groups in total. The summed E-state index contributed by atoms with van der Waals surface area (Å²) in [5, 5.41) is 19.8. The van der Waals surface area contributed by atoms with Crippen LogP contribution in [0.2, 0.25) is 0 Å². The highest BCUT2D eigenvalue weighted by Gasteiger charge is 2.16. The number of benzene rings is 1. The number of aliphatic carboxylic acids is 1. The third kappa shape index (κ3) is 3.71. The monoisotopic (exact) mass is 317 g/mol. The van der Waals surface area contributed by atoms with E-state index in [9.17, 15) is 9.59 Å². The van der Waals surface area contributed by atoms with Crippen molar-refractivity contribution in [3.63, 3.8) is 0 Å². The molecule has 7 heteroatoms. The molecule has 0 aliphatic heterocycles.